The van der Waals surface area contributed by atoms with Gasteiger partial charge in [-0.2, -0.15) is 0 Å². The van der Waals surface area contributed by atoms with Crippen molar-refractivity contribution >= 4 is 29.5 Å². The van der Waals surface area contributed by atoms with Gasteiger partial charge in [0, 0.05) is 34.5 Å². The van der Waals surface area contributed by atoms with Crippen LogP contribution in [-0.4, -0.2) is 67.0 Å². The molecular weight excluding hydrogens is 400 g/mol. The number of esters is 1. The molecule has 2 saturated heterocycles. The van der Waals surface area contributed by atoms with Gasteiger partial charge in [0.1, 0.15) is 18.0 Å². The summed E-state index contributed by atoms with van der Waals surface area (Å²) in [4.78, 5) is 14.2. The zero-order valence-corrected chi connectivity index (χ0v) is 17.9. The Kier molecular flexibility index (Phi) is 8.50. The number of hydrogen-bond acceptors (Lipinski definition) is 8. The summed E-state index contributed by atoms with van der Waals surface area (Å²) >= 11 is 3.15. The first-order chi connectivity index (χ1) is 13.5. The van der Waals surface area contributed by atoms with Gasteiger partial charge in [0.15, 0.2) is 6.29 Å². The van der Waals surface area contributed by atoms with Gasteiger partial charge in [-0.1, -0.05) is 13.0 Å². The predicted octanol–water partition coefficient (Wildman–Crippen LogP) is 2.96. The van der Waals surface area contributed by atoms with Gasteiger partial charge in [0.2, 0.25) is 0 Å². The van der Waals surface area contributed by atoms with Crippen molar-refractivity contribution in [1.29, 1.82) is 0 Å². The highest BCUT2D eigenvalue weighted by atomic mass is 32.2. The Morgan fingerprint density at radius 3 is 2.68 bits per heavy atom. The second-order valence-corrected chi connectivity index (χ2v) is 9.62. The molecule has 1 aromatic carbocycles. The van der Waals surface area contributed by atoms with Crippen molar-refractivity contribution in [2.45, 2.75) is 53.8 Å². The van der Waals surface area contributed by atoms with Crippen molar-refractivity contribution in [1.82, 2.24) is 0 Å². The minimum atomic E-state index is -0.788. The molecule has 5 atom stereocenters. The Morgan fingerprint density at radius 2 is 2.00 bits per heavy atom. The van der Waals surface area contributed by atoms with Crippen molar-refractivity contribution in [3.8, 4) is 0 Å². The van der Waals surface area contributed by atoms with E-state index >= 15 is 0 Å². The summed E-state index contributed by atoms with van der Waals surface area (Å²) in [6, 6.07) is 8.06. The molecule has 0 spiro atoms. The molecule has 0 aliphatic carbocycles. The fourth-order valence-corrected chi connectivity index (χ4v) is 4.45. The lowest BCUT2D eigenvalue weighted by Gasteiger charge is -2.26. The molecule has 156 valence electrons. The fourth-order valence-electron chi connectivity index (χ4n) is 2.44. The Morgan fingerprint density at radius 1 is 1.25 bits per heavy atom. The minimum absolute atomic E-state index is 0.00249. The molecule has 2 aliphatic rings. The van der Waals surface area contributed by atoms with Crippen LogP contribution in [0.15, 0.2) is 34.1 Å². The topological polar surface area (TPSA) is 77.5 Å². The average molecular weight is 429 g/mol. The van der Waals surface area contributed by atoms with Gasteiger partial charge >= 0.3 is 5.97 Å². The first-order valence-corrected chi connectivity index (χ1v) is 11.5. The van der Waals surface area contributed by atoms with E-state index in [0.29, 0.717) is 13.2 Å². The zero-order valence-electron chi connectivity index (χ0n) is 16.2. The van der Waals surface area contributed by atoms with E-state index in [-0.39, 0.29) is 29.3 Å². The normalized spacial score (nSPS) is 24.1. The van der Waals surface area contributed by atoms with Gasteiger partial charge in [-0.05, 0) is 25.1 Å². The van der Waals surface area contributed by atoms with Gasteiger partial charge in [0.25, 0.3) is 0 Å². The summed E-state index contributed by atoms with van der Waals surface area (Å²) in [6.45, 7) is 6.09. The summed E-state index contributed by atoms with van der Waals surface area (Å²) in [5.74, 6) is 0.523. The second kappa shape index (κ2) is 10.8. The van der Waals surface area contributed by atoms with Crippen LogP contribution in [0.25, 0.3) is 0 Å². The summed E-state index contributed by atoms with van der Waals surface area (Å²) < 4.78 is 21.1. The maximum absolute atomic E-state index is 12.1. The van der Waals surface area contributed by atoms with Gasteiger partial charge in [-0.3, -0.25) is 4.79 Å². The summed E-state index contributed by atoms with van der Waals surface area (Å²) in [7, 11) is 0. The molecule has 6 nitrogen and oxygen atoms in total. The van der Waals surface area contributed by atoms with Crippen LogP contribution in [0.3, 0.4) is 0 Å². The number of thioether (sulfide) groups is 2. The highest BCUT2D eigenvalue weighted by Crippen LogP contribution is 2.30. The summed E-state index contributed by atoms with van der Waals surface area (Å²) in [6.07, 6.45) is 0.390. The third-order valence-electron chi connectivity index (χ3n) is 4.51. The van der Waals surface area contributed by atoms with Crippen LogP contribution in [0.2, 0.25) is 0 Å². The molecule has 0 saturated carbocycles. The van der Waals surface area contributed by atoms with E-state index in [9.17, 15) is 9.90 Å². The minimum Gasteiger partial charge on any atom is -0.462 e. The lowest BCUT2D eigenvalue weighted by atomic mass is 10.2. The number of ether oxygens (including phenoxy) is 4. The van der Waals surface area contributed by atoms with Gasteiger partial charge in [-0.25, -0.2) is 0 Å². The third-order valence-corrected chi connectivity index (χ3v) is 6.86. The number of rotatable bonds is 12. The SMILES string of the molecule is CC(Sc1cccc(SCC(C)C(O)OCC2CO2)c1)C(=O)OCC1CCO1. The van der Waals surface area contributed by atoms with Crippen LogP contribution in [0, 0.1) is 5.92 Å². The van der Waals surface area contributed by atoms with E-state index in [1.165, 1.54) is 11.8 Å². The Bertz CT molecular complexity index is 635. The smallest absolute Gasteiger partial charge is 0.319 e. The van der Waals surface area contributed by atoms with Gasteiger partial charge in [-0.15, -0.1) is 23.5 Å². The number of carbonyl (C=O) groups is 1. The van der Waals surface area contributed by atoms with E-state index in [0.717, 1.165) is 35.2 Å². The largest absolute Gasteiger partial charge is 0.462 e. The molecule has 0 aromatic heterocycles. The lowest BCUT2D eigenvalue weighted by Crippen LogP contribution is -2.33. The first-order valence-electron chi connectivity index (χ1n) is 9.60. The van der Waals surface area contributed by atoms with Crippen LogP contribution < -0.4 is 0 Å². The predicted molar refractivity (Wildman–Crippen MR) is 109 cm³/mol. The van der Waals surface area contributed by atoms with Crippen molar-refractivity contribution < 1.29 is 28.8 Å². The standard InChI is InChI=1S/C20H28O6S2/c1-13(19(21)25-11-16-10-24-16)12-27-17-4-3-5-18(8-17)28-14(2)20(22)26-9-15-6-7-23-15/h3-5,8,13-16,19,21H,6-7,9-12H2,1-2H3. The van der Waals surface area contributed by atoms with Gasteiger partial charge in [0.05, 0.1) is 19.3 Å². The molecule has 8 heteroatoms. The van der Waals surface area contributed by atoms with Crippen molar-refractivity contribution in [2.75, 3.05) is 32.2 Å². The molecule has 5 unspecified atom stereocenters. The quantitative estimate of drug-likeness (QED) is 0.236. The second-order valence-electron chi connectivity index (χ2n) is 7.11. The zero-order chi connectivity index (χ0) is 19.9. The summed E-state index contributed by atoms with van der Waals surface area (Å²) in [5.41, 5.74) is 0. The number of aliphatic hydroxyl groups excluding tert-OH is 1. The Balaban J connectivity index is 1.40. The van der Waals surface area contributed by atoms with E-state index in [2.05, 4.69) is 6.07 Å². The first kappa shape index (κ1) is 21.9. The molecular formula is C20H28O6S2. The molecule has 1 aromatic rings. The molecule has 3 rings (SSSR count). The number of benzene rings is 1. The van der Waals surface area contributed by atoms with Crippen molar-refractivity contribution in [3.05, 3.63) is 24.3 Å². The van der Waals surface area contributed by atoms with E-state index in [1.807, 2.05) is 32.0 Å². The van der Waals surface area contributed by atoms with Crippen LogP contribution >= 0.6 is 23.5 Å². The van der Waals surface area contributed by atoms with E-state index < -0.39 is 6.29 Å². The highest BCUT2D eigenvalue weighted by Gasteiger charge is 2.25. The van der Waals surface area contributed by atoms with Gasteiger partial charge < -0.3 is 24.1 Å². The molecule has 2 aliphatic heterocycles. The Hall–Kier alpha value is -0.770. The monoisotopic (exact) mass is 428 g/mol. The van der Waals surface area contributed by atoms with Crippen LogP contribution in [0.1, 0.15) is 20.3 Å². The Labute approximate surface area is 174 Å². The molecule has 0 radical (unpaired) electrons. The van der Waals surface area contributed by atoms with Crippen molar-refractivity contribution in [3.63, 3.8) is 0 Å². The fraction of sp³-hybridized carbons (Fsp3) is 0.650. The van der Waals surface area contributed by atoms with Crippen molar-refractivity contribution in [2.24, 2.45) is 5.92 Å². The van der Waals surface area contributed by atoms with E-state index in [1.54, 1.807) is 11.8 Å². The maximum Gasteiger partial charge on any atom is 0.319 e. The lowest BCUT2D eigenvalue weighted by molar-refractivity contribution is -0.153. The third kappa shape index (κ3) is 7.24. The number of carbonyl (C=O) groups excluding carboxylic acids is 1. The molecule has 28 heavy (non-hydrogen) atoms. The van der Waals surface area contributed by atoms with Crippen LogP contribution in [0.4, 0.5) is 0 Å². The molecule has 0 bridgehead atoms. The summed E-state index contributed by atoms with van der Waals surface area (Å²) in [5, 5.41) is 9.78. The van der Waals surface area contributed by atoms with Crippen LogP contribution in [0.5, 0.6) is 0 Å². The van der Waals surface area contributed by atoms with E-state index in [4.69, 9.17) is 18.9 Å². The number of hydrogen-bond donors (Lipinski definition) is 1. The number of aliphatic hydroxyl groups is 1. The number of epoxide rings is 1. The molecule has 1 N–H and O–H groups in total. The molecule has 2 heterocycles. The highest BCUT2D eigenvalue weighted by molar-refractivity contribution is 8.01. The molecule has 0 amide bonds. The van der Waals surface area contributed by atoms with Crippen LogP contribution in [-0.2, 0) is 23.7 Å². The molecule has 2 fully saturated rings. The average Bonchev–Trinajstić information content (AvgIpc) is 3.47. The maximum atomic E-state index is 12.1.